The molecule has 2 saturated heterocycles. The van der Waals surface area contributed by atoms with Gasteiger partial charge in [0, 0.05) is 12.8 Å². The Morgan fingerprint density at radius 3 is 2.11 bits per heavy atom. The molecule has 2 aliphatic rings. The van der Waals surface area contributed by atoms with E-state index in [4.69, 9.17) is 0 Å². The van der Waals surface area contributed by atoms with E-state index >= 15 is 0 Å². The summed E-state index contributed by atoms with van der Waals surface area (Å²) in [4.78, 5) is 27.6. The van der Waals surface area contributed by atoms with E-state index in [0.29, 0.717) is 50.6 Å². The van der Waals surface area contributed by atoms with Gasteiger partial charge in [-0.2, -0.15) is 4.31 Å². The largest absolute Gasteiger partial charge is 0.315 e. The van der Waals surface area contributed by atoms with Crippen LogP contribution in [-0.4, -0.2) is 62.3 Å². The molecule has 1 aromatic rings. The van der Waals surface area contributed by atoms with Crippen LogP contribution in [-0.2, 0) is 19.6 Å². The van der Waals surface area contributed by atoms with Crippen LogP contribution in [0.1, 0.15) is 33.1 Å². The van der Waals surface area contributed by atoms with E-state index in [1.54, 1.807) is 30.3 Å². The highest BCUT2D eigenvalue weighted by molar-refractivity contribution is 7.89. The Bertz CT molecular complexity index is 784. The van der Waals surface area contributed by atoms with Gasteiger partial charge in [-0.05, 0) is 24.0 Å². The molecule has 2 fully saturated rings. The minimum absolute atomic E-state index is 0.109. The van der Waals surface area contributed by atoms with Gasteiger partial charge in [-0.3, -0.25) is 9.59 Å². The summed E-state index contributed by atoms with van der Waals surface area (Å²) in [5, 5.41) is 0. The summed E-state index contributed by atoms with van der Waals surface area (Å²) in [6.07, 6.45) is 1.61. The molecule has 0 bridgehead atoms. The van der Waals surface area contributed by atoms with Gasteiger partial charge in [0.25, 0.3) is 0 Å². The van der Waals surface area contributed by atoms with E-state index in [1.165, 1.54) is 9.21 Å². The number of hydrogen-bond donors (Lipinski definition) is 1. The summed E-state index contributed by atoms with van der Waals surface area (Å²) in [5.41, 5.74) is -0.234. The Morgan fingerprint density at radius 1 is 1.04 bits per heavy atom. The molecule has 0 radical (unpaired) electrons. The van der Waals surface area contributed by atoms with Gasteiger partial charge in [-0.1, -0.05) is 32.0 Å². The lowest BCUT2D eigenvalue weighted by Crippen LogP contribution is -3.16. The Morgan fingerprint density at radius 2 is 1.59 bits per heavy atom. The molecule has 27 heavy (non-hydrogen) atoms. The minimum Gasteiger partial charge on any atom is -0.315 e. The third-order valence-electron chi connectivity index (χ3n) is 5.80. The number of sulfonamides is 1. The van der Waals surface area contributed by atoms with Gasteiger partial charge in [0.05, 0.1) is 31.1 Å². The van der Waals surface area contributed by atoms with Gasteiger partial charge in [-0.15, -0.1) is 0 Å². The van der Waals surface area contributed by atoms with Crippen LogP contribution in [0.2, 0.25) is 0 Å². The molecule has 2 aliphatic heterocycles. The molecule has 0 spiro atoms. The van der Waals surface area contributed by atoms with Crippen molar-refractivity contribution in [1.29, 1.82) is 0 Å². The lowest BCUT2D eigenvalue weighted by atomic mass is 9.77. The molecule has 8 heteroatoms. The van der Waals surface area contributed by atoms with Crippen LogP contribution in [0.25, 0.3) is 0 Å². The number of likely N-dealkylation sites (tertiary alicyclic amines) is 1. The van der Waals surface area contributed by atoms with Crippen molar-refractivity contribution >= 4 is 21.8 Å². The fourth-order valence-corrected chi connectivity index (χ4v) is 5.18. The number of amides is 2. The van der Waals surface area contributed by atoms with Gasteiger partial charge in [0.2, 0.25) is 21.8 Å². The predicted molar refractivity (Wildman–Crippen MR) is 100 cm³/mol. The van der Waals surface area contributed by atoms with Crippen molar-refractivity contribution in [2.24, 2.45) is 5.41 Å². The number of nitrogens with zero attached hydrogens (tertiary/aromatic N) is 2. The van der Waals surface area contributed by atoms with Gasteiger partial charge < -0.3 is 4.90 Å². The number of benzene rings is 1. The second-order valence-electron chi connectivity index (χ2n) is 7.86. The number of hydrogen-bond acceptors (Lipinski definition) is 4. The van der Waals surface area contributed by atoms with Crippen molar-refractivity contribution in [2.75, 3.05) is 32.8 Å². The van der Waals surface area contributed by atoms with Crippen LogP contribution in [0.15, 0.2) is 35.2 Å². The van der Waals surface area contributed by atoms with Crippen molar-refractivity contribution < 1.29 is 22.9 Å². The van der Waals surface area contributed by atoms with E-state index < -0.39 is 10.0 Å². The van der Waals surface area contributed by atoms with Crippen LogP contribution < -0.4 is 4.90 Å². The zero-order valence-electron chi connectivity index (χ0n) is 16.0. The predicted octanol–water partition coefficient (Wildman–Crippen LogP) is 0.0986. The summed E-state index contributed by atoms with van der Waals surface area (Å²) in [7, 11) is -3.49. The van der Waals surface area contributed by atoms with Crippen LogP contribution in [0, 0.1) is 5.41 Å². The zero-order valence-corrected chi connectivity index (χ0v) is 16.8. The van der Waals surface area contributed by atoms with Gasteiger partial charge in [-0.25, -0.2) is 13.3 Å². The first-order valence-corrected chi connectivity index (χ1v) is 10.9. The normalized spacial score (nSPS) is 22.2. The van der Waals surface area contributed by atoms with Crippen molar-refractivity contribution in [3.05, 3.63) is 30.3 Å². The molecule has 0 saturated carbocycles. The number of carbonyl (C=O) groups is 2. The average Bonchev–Trinajstić information content (AvgIpc) is 2.66. The highest BCUT2D eigenvalue weighted by Gasteiger charge is 2.41. The molecule has 3 rings (SSSR count). The van der Waals surface area contributed by atoms with E-state index in [2.05, 4.69) is 0 Å². The van der Waals surface area contributed by atoms with Gasteiger partial charge in [0.15, 0.2) is 6.67 Å². The number of imide groups is 1. The van der Waals surface area contributed by atoms with Crippen LogP contribution in [0.4, 0.5) is 0 Å². The zero-order chi connectivity index (χ0) is 19.7. The van der Waals surface area contributed by atoms with Crippen LogP contribution in [0.3, 0.4) is 0 Å². The molecule has 148 valence electrons. The van der Waals surface area contributed by atoms with E-state index in [9.17, 15) is 18.0 Å². The molecule has 0 atom stereocenters. The first kappa shape index (κ1) is 20.0. The maximum Gasteiger partial charge on any atom is 0.243 e. The van der Waals surface area contributed by atoms with Crippen molar-refractivity contribution in [3.8, 4) is 0 Å². The van der Waals surface area contributed by atoms with E-state index in [0.717, 1.165) is 11.3 Å². The summed E-state index contributed by atoms with van der Waals surface area (Å²) in [6.45, 7) is 6.25. The molecule has 1 N–H and O–H groups in total. The number of piperidine rings is 1. The molecule has 2 heterocycles. The first-order chi connectivity index (χ1) is 12.7. The highest BCUT2D eigenvalue weighted by Crippen LogP contribution is 2.34. The van der Waals surface area contributed by atoms with Crippen molar-refractivity contribution in [2.45, 2.75) is 38.0 Å². The quantitative estimate of drug-likeness (QED) is 0.719. The lowest BCUT2D eigenvalue weighted by molar-refractivity contribution is -0.911. The maximum absolute atomic E-state index is 12.7. The van der Waals surface area contributed by atoms with Gasteiger partial charge in [0.1, 0.15) is 0 Å². The SMILES string of the molecule is CCC1(C)CC(=O)N(C[NH+]2CCN(S(=O)(=O)c3ccccc3)CC2)C(=O)C1. The smallest absolute Gasteiger partial charge is 0.243 e. The fourth-order valence-electron chi connectivity index (χ4n) is 3.72. The van der Waals surface area contributed by atoms with Crippen molar-refractivity contribution in [3.63, 3.8) is 0 Å². The average molecular weight is 395 g/mol. The summed E-state index contributed by atoms with van der Waals surface area (Å²) >= 11 is 0. The Balaban J connectivity index is 1.59. The molecule has 0 aliphatic carbocycles. The van der Waals surface area contributed by atoms with Crippen LogP contribution >= 0.6 is 0 Å². The second kappa shape index (κ2) is 7.69. The van der Waals surface area contributed by atoms with E-state index in [1.807, 2.05) is 13.8 Å². The number of nitrogens with one attached hydrogen (secondary N) is 1. The molecule has 0 unspecified atom stereocenters. The van der Waals surface area contributed by atoms with Crippen LogP contribution in [0.5, 0.6) is 0 Å². The number of quaternary nitrogens is 1. The topological polar surface area (TPSA) is 79.2 Å². The number of rotatable bonds is 5. The standard InChI is InChI=1S/C19H27N3O4S/c1-3-19(2)13-17(23)22(18(24)14-19)15-20-9-11-21(12-10-20)27(25,26)16-7-5-4-6-8-16/h4-8H,3,9-15H2,1-2H3/p+1. The third-order valence-corrected chi connectivity index (χ3v) is 7.72. The lowest BCUT2D eigenvalue weighted by Gasteiger charge is -2.39. The molecular formula is C19H28N3O4S+. The minimum atomic E-state index is -3.49. The summed E-state index contributed by atoms with van der Waals surface area (Å²) in [5.74, 6) is -0.218. The summed E-state index contributed by atoms with van der Waals surface area (Å²) in [6, 6.07) is 8.42. The van der Waals surface area contributed by atoms with Crippen molar-refractivity contribution in [1.82, 2.24) is 9.21 Å². The van der Waals surface area contributed by atoms with Gasteiger partial charge >= 0.3 is 0 Å². The first-order valence-electron chi connectivity index (χ1n) is 9.47. The second-order valence-corrected chi connectivity index (χ2v) is 9.80. The molecule has 0 aromatic heterocycles. The fraction of sp³-hybridized carbons (Fsp3) is 0.579. The molecule has 1 aromatic carbocycles. The Labute approximate surface area is 161 Å². The molecule has 7 nitrogen and oxygen atoms in total. The monoisotopic (exact) mass is 394 g/mol. The number of carbonyl (C=O) groups excluding carboxylic acids is 2. The molecular weight excluding hydrogens is 366 g/mol. The highest BCUT2D eigenvalue weighted by atomic mass is 32.2. The maximum atomic E-state index is 12.7. The third kappa shape index (κ3) is 4.23. The Hall–Kier alpha value is -1.77. The Kier molecular flexibility index (Phi) is 5.69. The number of piperazine rings is 1. The van der Waals surface area contributed by atoms with E-state index in [-0.39, 0.29) is 17.2 Å². The summed E-state index contributed by atoms with van der Waals surface area (Å²) < 4.78 is 26.9. The molecule has 2 amide bonds.